The van der Waals surface area contributed by atoms with E-state index in [1.165, 1.54) is 31.2 Å². The van der Waals surface area contributed by atoms with Crippen molar-refractivity contribution in [2.24, 2.45) is 17.3 Å². The van der Waals surface area contributed by atoms with Gasteiger partial charge in [0, 0.05) is 17.3 Å². The normalized spacial score (nSPS) is 30.7. The molecule has 27 heavy (non-hydrogen) atoms. The third-order valence-electron chi connectivity index (χ3n) is 6.76. The van der Waals surface area contributed by atoms with Crippen LogP contribution in [-0.2, 0) is 0 Å². The predicted octanol–water partition coefficient (Wildman–Crippen LogP) is 7.92. The number of rotatable bonds is 8. The summed E-state index contributed by atoms with van der Waals surface area (Å²) in [6.07, 6.45) is 16.9. The minimum absolute atomic E-state index is 0.0755. The van der Waals surface area contributed by atoms with Gasteiger partial charge in [0.2, 0.25) is 6.43 Å². The second-order valence-electron chi connectivity index (χ2n) is 8.52. The minimum atomic E-state index is -2.15. The van der Waals surface area contributed by atoms with Gasteiger partial charge in [-0.15, -0.1) is 0 Å². The SMILES string of the molecule is CCCCCCC1(C2CCC(C(F)F)CC2)C=CC(c2ccccc2)C=C1. The largest absolute Gasteiger partial charge is 0.241 e. The lowest BCUT2D eigenvalue weighted by Gasteiger charge is -2.42. The molecule has 2 heteroatoms. The number of benzene rings is 1. The van der Waals surface area contributed by atoms with Gasteiger partial charge in [0.25, 0.3) is 0 Å². The summed E-state index contributed by atoms with van der Waals surface area (Å²) < 4.78 is 26.2. The maximum Gasteiger partial charge on any atom is 0.241 e. The average Bonchev–Trinajstić information content (AvgIpc) is 2.72. The fourth-order valence-electron chi connectivity index (χ4n) is 4.99. The molecule has 0 aromatic heterocycles. The van der Waals surface area contributed by atoms with Gasteiger partial charge in [-0.25, -0.2) is 8.78 Å². The zero-order valence-corrected chi connectivity index (χ0v) is 16.6. The maximum absolute atomic E-state index is 13.1. The van der Waals surface area contributed by atoms with Crippen LogP contribution in [0.4, 0.5) is 8.78 Å². The molecule has 0 heterocycles. The second kappa shape index (κ2) is 9.66. The number of hydrogen-bond donors (Lipinski definition) is 0. The van der Waals surface area contributed by atoms with Crippen molar-refractivity contribution >= 4 is 0 Å². The Balaban J connectivity index is 1.71. The summed E-state index contributed by atoms with van der Waals surface area (Å²) in [5, 5.41) is 0. The van der Waals surface area contributed by atoms with Crippen molar-refractivity contribution < 1.29 is 8.78 Å². The molecule has 2 aliphatic rings. The Labute approximate surface area is 163 Å². The Morgan fingerprint density at radius 1 is 0.926 bits per heavy atom. The summed E-state index contributed by atoms with van der Waals surface area (Å²) in [4.78, 5) is 0. The molecular weight excluding hydrogens is 338 g/mol. The first-order chi connectivity index (χ1) is 13.1. The lowest BCUT2D eigenvalue weighted by atomic mass is 9.62. The molecule has 0 nitrogen and oxygen atoms in total. The van der Waals surface area contributed by atoms with Crippen LogP contribution in [0.1, 0.15) is 76.2 Å². The first kappa shape index (κ1) is 20.3. The van der Waals surface area contributed by atoms with Crippen LogP contribution in [0.15, 0.2) is 54.6 Å². The van der Waals surface area contributed by atoms with E-state index in [0.717, 1.165) is 19.3 Å². The summed E-state index contributed by atoms with van der Waals surface area (Å²) in [5.74, 6) is 0.470. The molecule has 1 aromatic rings. The van der Waals surface area contributed by atoms with E-state index in [4.69, 9.17) is 0 Å². The van der Waals surface area contributed by atoms with E-state index < -0.39 is 6.43 Å². The monoisotopic (exact) mass is 372 g/mol. The molecule has 0 spiro atoms. The van der Waals surface area contributed by atoms with Crippen molar-refractivity contribution in [1.82, 2.24) is 0 Å². The van der Waals surface area contributed by atoms with Crippen LogP contribution in [0.25, 0.3) is 0 Å². The molecule has 0 atom stereocenters. The van der Waals surface area contributed by atoms with Gasteiger partial charge < -0.3 is 0 Å². The third kappa shape index (κ3) is 5.09. The quantitative estimate of drug-likeness (QED) is 0.321. The van der Waals surface area contributed by atoms with E-state index in [-0.39, 0.29) is 11.3 Å². The highest BCUT2D eigenvalue weighted by atomic mass is 19.3. The third-order valence-corrected chi connectivity index (χ3v) is 6.76. The molecular formula is C25H34F2. The van der Waals surface area contributed by atoms with Crippen LogP contribution >= 0.6 is 0 Å². The predicted molar refractivity (Wildman–Crippen MR) is 110 cm³/mol. The summed E-state index contributed by atoms with van der Waals surface area (Å²) >= 11 is 0. The molecule has 2 aliphatic carbocycles. The summed E-state index contributed by atoms with van der Waals surface area (Å²) in [6, 6.07) is 10.6. The van der Waals surface area contributed by atoms with Crippen LogP contribution in [0.5, 0.6) is 0 Å². The molecule has 0 N–H and O–H groups in total. The van der Waals surface area contributed by atoms with Crippen molar-refractivity contribution in [3.8, 4) is 0 Å². The highest BCUT2D eigenvalue weighted by Gasteiger charge is 2.39. The van der Waals surface area contributed by atoms with E-state index in [1.807, 2.05) is 0 Å². The first-order valence-electron chi connectivity index (χ1n) is 10.9. The van der Waals surface area contributed by atoms with Gasteiger partial charge in [0.1, 0.15) is 0 Å². The van der Waals surface area contributed by atoms with Crippen LogP contribution in [0.2, 0.25) is 0 Å². The van der Waals surface area contributed by atoms with E-state index in [1.54, 1.807) is 0 Å². The molecule has 0 radical (unpaired) electrons. The average molecular weight is 373 g/mol. The van der Waals surface area contributed by atoms with E-state index >= 15 is 0 Å². The van der Waals surface area contributed by atoms with Crippen molar-refractivity contribution in [2.75, 3.05) is 0 Å². The van der Waals surface area contributed by atoms with Crippen LogP contribution in [0, 0.1) is 17.3 Å². The Bertz CT molecular complexity index is 594. The smallest absolute Gasteiger partial charge is 0.210 e. The van der Waals surface area contributed by atoms with E-state index in [0.29, 0.717) is 24.7 Å². The number of unbranched alkanes of at least 4 members (excludes halogenated alkanes) is 3. The van der Waals surface area contributed by atoms with Gasteiger partial charge in [0.05, 0.1) is 0 Å². The lowest BCUT2D eigenvalue weighted by molar-refractivity contribution is 0.0344. The van der Waals surface area contributed by atoms with Crippen molar-refractivity contribution in [3.05, 3.63) is 60.2 Å². The summed E-state index contributed by atoms with van der Waals surface area (Å²) in [5.41, 5.74) is 1.40. The molecule has 1 aromatic carbocycles. The Kier molecular flexibility index (Phi) is 7.26. The Morgan fingerprint density at radius 3 is 2.19 bits per heavy atom. The minimum Gasteiger partial charge on any atom is -0.210 e. The Morgan fingerprint density at radius 2 is 1.59 bits per heavy atom. The highest BCUT2D eigenvalue weighted by molar-refractivity contribution is 5.34. The zero-order chi connectivity index (χ0) is 19.1. The van der Waals surface area contributed by atoms with Gasteiger partial charge in [0.15, 0.2) is 0 Å². The van der Waals surface area contributed by atoms with Gasteiger partial charge in [-0.1, -0.05) is 87.2 Å². The molecule has 0 amide bonds. The molecule has 0 unspecified atom stereocenters. The van der Waals surface area contributed by atoms with Gasteiger partial charge in [-0.2, -0.15) is 0 Å². The number of allylic oxidation sites excluding steroid dienone is 4. The van der Waals surface area contributed by atoms with Crippen molar-refractivity contribution in [2.45, 2.75) is 77.1 Å². The van der Waals surface area contributed by atoms with Gasteiger partial charge in [-0.3, -0.25) is 0 Å². The fourth-order valence-corrected chi connectivity index (χ4v) is 4.99. The van der Waals surface area contributed by atoms with E-state index in [9.17, 15) is 8.78 Å². The molecule has 0 aliphatic heterocycles. The molecule has 1 fully saturated rings. The lowest BCUT2D eigenvalue weighted by Crippen LogP contribution is -2.33. The number of halogens is 2. The Hall–Kier alpha value is -1.44. The fraction of sp³-hybridized carbons (Fsp3) is 0.600. The molecule has 1 saturated carbocycles. The van der Waals surface area contributed by atoms with Crippen LogP contribution < -0.4 is 0 Å². The highest BCUT2D eigenvalue weighted by Crippen LogP contribution is 2.49. The molecule has 0 bridgehead atoms. The maximum atomic E-state index is 13.1. The standard InChI is InChI=1S/C25H34F2/c1-2-3-4-8-17-25(23-13-11-22(12-14-23)24(26)27)18-15-21(16-19-25)20-9-6-5-7-10-20/h5-7,9-10,15-16,18-19,21-24H,2-4,8,11-14,17H2,1H3. The first-order valence-corrected chi connectivity index (χ1v) is 10.9. The van der Waals surface area contributed by atoms with Gasteiger partial charge in [-0.05, 0) is 43.6 Å². The van der Waals surface area contributed by atoms with Crippen LogP contribution in [-0.4, -0.2) is 6.43 Å². The molecule has 3 rings (SSSR count). The second-order valence-corrected chi connectivity index (χ2v) is 8.52. The van der Waals surface area contributed by atoms with Gasteiger partial charge >= 0.3 is 0 Å². The topological polar surface area (TPSA) is 0 Å². The summed E-state index contributed by atoms with van der Waals surface area (Å²) in [7, 11) is 0. The molecule has 148 valence electrons. The van der Waals surface area contributed by atoms with E-state index in [2.05, 4.69) is 61.6 Å². The molecule has 0 saturated heterocycles. The number of hydrogen-bond acceptors (Lipinski definition) is 0. The zero-order valence-electron chi connectivity index (χ0n) is 16.6. The summed E-state index contributed by atoms with van der Waals surface area (Å²) in [6.45, 7) is 2.24. The van der Waals surface area contributed by atoms with Crippen molar-refractivity contribution in [3.63, 3.8) is 0 Å². The van der Waals surface area contributed by atoms with Crippen molar-refractivity contribution in [1.29, 1.82) is 0 Å². The van der Waals surface area contributed by atoms with Crippen LogP contribution in [0.3, 0.4) is 0 Å². The number of alkyl halides is 2.